The summed E-state index contributed by atoms with van der Waals surface area (Å²) in [5.74, 6) is 2.41. The first-order chi connectivity index (χ1) is 9.77. The molecular formula is C16H26ClNO2. The molecule has 0 radical (unpaired) electrons. The van der Waals surface area contributed by atoms with Crippen LogP contribution in [0.1, 0.15) is 26.2 Å². The summed E-state index contributed by atoms with van der Waals surface area (Å²) in [6.45, 7) is 5.32. The number of hydrogen-bond donors (Lipinski definition) is 0. The van der Waals surface area contributed by atoms with Crippen molar-refractivity contribution in [2.24, 2.45) is 0 Å². The molecule has 0 unspecified atom stereocenters. The van der Waals surface area contributed by atoms with Crippen molar-refractivity contribution in [3.63, 3.8) is 0 Å². The van der Waals surface area contributed by atoms with Crippen LogP contribution in [0.25, 0.3) is 0 Å². The maximum Gasteiger partial charge on any atom is 0.161 e. The molecule has 0 N–H and O–H groups in total. The summed E-state index contributed by atoms with van der Waals surface area (Å²) in [6, 6.07) is 7.81. The summed E-state index contributed by atoms with van der Waals surface area (Å²) in [6.07, 6.45) is 3.49. The molecule has 4 heteroatoms. The van der Waals surface area contributed by atoms with Gasteiger partial charge < -0.3 is 14.4 Å². The summed E-state index contributed by atoms with van der Waals surface area (Å²) in [5.41, 5.74) is 0. The summed E-state index contributed by atoms with van der Waals surface area (Å²) in [5, 5.41) is 0. The van der Waals surface area contributed by atoms with Crippen molar-refractivity contribution in [1.82, 2.24) is 4.90 Å². The van der Waals surface area contributed by atoms with Gasteiger partial charge in [-0.1, -0.05) is 18.6 Å². The molecule has 1 aromatic carbocycles. The molecule has 0 saturated heterocycles. The number of likely N-dealkylation sites (N-methyl/N-ethyl adjacent to an activating group) is 1. The van der Waals surface area contributed by atoms with Crippen molar-refractivity contribution >= 4 is 11.6 Å². The van der Waals surface area contributed by atoms with Gasteiger partial charge in [-0.25, -0.2) is 0 Å². The van der Waals surface area contributed by atoms with Gasteiger partial charge in [-0.2, -0.15) is 0 Å². The smallest absolute Gasteiger partial charge is 0.161 e. The van der Waals surface area contributed by atoms with Crippen LogP contribution in [0.5, 0.6) is 11.5 Å². The average molecular weight is 300 g/mol. The fourth-order valence-corrected chi connectivity index (χ4v) is 2.11. The third kappa shape index (κ3) is 7.01. The number of nitrogens with zero attached hydrogens (tertiary/aromatic N) is 1. The molecule has 0 atom stereocenters. The third-order valence-corrected chi connectivity index (χ3v) is 3.32. The van der Waals surface area contributed by atoms with Gasteiger partial charge in [0.1, 0.15) is 6.61 Å². The summed E-state index contributed by atoms with van der Waals surface area (Å²) < 4.78 is 11.3. The Morgan fingerprint density at radius 1 is 1.00 bits per heavy atom. The molecule has 0 aliphatic carbocycles. The van der Waals surface area contributed by atoms with Crippen LogP contribution in [-0.2, 0) is 0 Å². The lowest BCUT2D eigenvalue weighted by Crippen LogP contribution is -2.25. The standard InChI is InChI=1S/C16H26ClNO2/c1-3-19-15-9-5-6-10-16(15)20-14-13-18(2)12-8-4-7-11-17/h5-6,9-10H,3-4,7-8,11-14H2,1-2H3. The van der Waals surface area contributed by atoms with Gasteiger partial charge >= 0.3 is 0 Å². The van der Waals surface area contributed by atoms with E-state index in [1.54, 1.807) is 0 Å². The van der Waals surface area contributed by atoms with E-state index < -0.39 is 0 Å². The van der Waals surface area contributed by atoms with Crippen molar-refractivity contribution < 1.29 is 9.47 Å². The third-order valence-electron chi connectivity index (χ3n) is 3.05. The normalized spacial score (nSPS) is 10.8. The lowest BCUT2D eigenvalue weighted by Gasteiger charge is -2.17. The summed E-state index contributed by atoms with van der Waals surface area (Å²) in [7, 11) is 2.12. The molecule has 0 aliphatic heterocycles. The molecule has 0 aromatic heterocycles. The minimum atomic E-state index is 0.654. The maximum absolute atomic E-state index is 5.80. The molecular weight excluding hydrogens is 274 g/mol. The Kier molecular flexibility index (Phi) is 9.25. The SMILES string of the molecule is CCOc1ccccc1OCCN(C)CCCCCCl. The Labute approximate surface area is 127 Å². The molecule has 0 aliphatic rings. The predicted octanol–water partition coefficient (Wildman–Crippen LogP) is 3.81. The van der Waals surface area contributed by atoms with Gasteiger partial charge in [0.05, 0.1) is 6.61 Å². The topological polar surface area (TPSA) is 21.7 Å². The van der Waals surface area contributed by atoms with E-state index >= 15 is 0 Å². The minimum Gasteiger partial charge on any atom is -0.490 e. The average Bonchev–Trinajstić information content (AvgIpc) is 2.46. The number of alkyl halides is 1. The Balaban J connectivity index is 2.23. The molecule has 20 heavy (non-hydrogen) atoms. The number of para-hydroxylation sites is 2. The lowest BCUT2D eigenvalue weighted by molar-refractivity contribution is 0.224. The van der Waals surface area contributed by atoms with E-state index in [9.17, 15) is 0 Å². The zero-order valence-electron chi connectivity index (χ0n) is 12.6. The highest BCUT2D eigenvalue weighted by atomic mass is 35.5. The van der Waals surface area contributed by atoms with Crippen LogP contribution in [0, 0.1) is 0 Å². The zero-order valence-corrected chi connectivity index (χ0v) is 13.4. The second-order valence-electron chi connectivity index (χ2n) is 4.78. The number of benzene rings is 1. The number of unbranched alkanes of at least 4 members (excludes halogenated alkanes) is 2. The van der Waals surface area contributed by atoms with Crippen LogP contribution in [0.3, 0.4) is 0 Å². The van der Waals surface area contributed by atoms with E-state index in [0.29, 0.717) is 13.2 Å². The van der Waals surface area contributed by atoms with Gasteiger partial charge in [0.25, 0.3) is 0 Å². The van der Waals surface area contributed by atoms with E-state index in [-0.39, 0.29) is 0 Å². The summed E-state index contributed by atoms with van der Waals surface area (Å²) >= 11 is 5.66. The second-order valence-corrected chi connectivity index (χ2v) is 5.16. The molecule has 0 heterocycles. The first-order valence-corrected chi connectivity index (χ1v) is 7.90. The fourth-order valence-electron chi connectivity index (χ4n) is 1.92. The van der Waals surface area contributed by atoms with Crippen molar-refractivity contribution in [2.75, 3.05) is 39.2 Å². The highest BCUT2D eigenvalue weighted by Gasteiger charge is 2.04. The van der Waals surface area contributed by atoms with Crippen molar-refractivity contribution in [3.05, 3.63) is 24.3 Å². The van der Waals surface area contributed by atoms with E-state index in [4.69, 9.17) is 21.1 Å². The lowest BCUT2D eigenvalue weighted by atomic mass is 10.2. The Bertz CT molecular complexity index is 360. The van der Waals surface area contributed by atoms with Crippen LogP contribution >= 0.6 is 11.6 Å². The van der Waals surface area contributed by atoms with Crippen LogP contribution in [0.4, 0.5) is 0 Å². The van der Waals surface area contributed by atoms with Gasteiger partial charge in [0.2, 0.25) is 0 Å². The van der Waals surface area contributed by atoms with Gasteiger partial charge in [-0.3, -0.25) is 0 Å². The molecule has 3 nitrogen and oxygen atoms in total. The molecule has 0 amide bonds. The quantitative estimate of drug-likeness (QED) is 0.458. The predicted molar refractivity (Wildman–Crippen MR) is 85.2 cm³/mol. The van der Waals surface area contributed by atoms with Crippen LogP contribution in [-0.4, -0.2) is 44.1 Å². The Morgan fingerprint density at radius 2 is 1.70 bits per heavy atom. The minimum absolute atomic E-state index is 0.654. The number of halogens is 1. The Morgan fingerprint density at radius 3 is 2.35 bits per heavy atom. The van der Waals surface area contributed by atoms with Crippen molar-refractivity contribution in [3.8, 4) is 11.5 Å². The van der Waals surface area contributed by atoms with Crippen molar-refractivity contribution in [1.29, 1.82) is 0 Å². The molecule has 0 saturated carbocycles. The van der Waals surface area contributed by atoms with E-state index in [0.717, 1.165) is 36.9 Å². The Hall–Kier alpha value is -0.930. The monoisotopic (exact) mass is 299 g/mol. The van der Waals surface area contributed by atoms with Gasteiger partial charge in [-0.15, -0.1) is 11.6 Å². The molecule has 0 spiro atoms. The van der Waals surface area contributed by atoms with Gasteiger partial charge in [0.15, 0.2) is 11.5 Å². The van der Waals surface area contributed by atoms with Crippen LogP contribution < -0.4 is 9.47 Å². The molecule has 1 aromatic rings. The maximum atomic E-state index is 5.80. The van der Waals surface area contributed by atoms with Crippen LogP contribution in [0.15, 0.2) is 24.3 Å². The summed E-state index contributed by atoms with van der Waals surface area (Å²) in [4.78, 5) is 2.29. The number of ether oxygens (including phenoxy) is 2. The van der Waals surface area contributed by atoms with E-state index in [1.165, 1.54) is 12.8 Å². The van der Waals surface area contributed by atoms with Crippen LogP contribution in [0.2, 0.25) is 0 Å². The molecule has 1 rings (SSSR count). The number of hydrogen-bond acceptors (Lipinski definition) is 3. The van der Waals surface area contributed by atoms with Gasteiger partial charge in [-0.05, 0) is 45.5 Å². The zero-order chi connectivity index (χ0) is 14.6. The molecule has 0 fully saturated rings. The fraction of sp³-hybridized carbons (Fsp3) is 0.625. The van der Waals surface area contributed by atoms with E-state index in [2.05, 4.69) is 11.9 Å². The highest BCUT2D eigenvalue weighted by molar-refractivity contribution is 6.17. The first-order valence-electron chi connectivity index (χ1n) is 7.37. The first kappa shape index (κ1) is 17.1. The largest absolute Gasteiger partial charge is 0.490 e. The van der Waals surface area contributed by atoms with Crippen molar-refractivity contribution in [2.45, 2.75) is 26.2 Å². The molecule has 114 valence electrons. The second kappa shape index (κ2) is 10.8. The number of rotatable bonds is 11. The van der Waals surface area contributed by atoms with E-state index in [1.807, 2.05) is 31.2 Å². The highest BCUT2D eigenvalue weighted by Crippen LogP contribution is 2.26. The molecule has 0 bridgehead atoms. The van der Waals surface area contributed by atoms with Gasteiger partial charge in [0, 0.05) is 12.4 Å².